The molecule has 1 rings (SSSR count). The number of rotatable bonds is 0. The fourth-order valence-corrected chi connectivity index (χ4v) is 0.855. The summed E-state index contributed by atoms with van der Waals surface area (Å²) in [5, 5.41) is 22.1. The second-order valence-electron chi connectivity index (χ2n) is 2.16. The lowest BCUT2D eigenvalue weighted by atomic mass is 10.3. The Kier molecular flexibility index (Phi) is 1.75. The van der Waals surface area contributed by atoms with Crippen LogP contribution in [0.25, 0.3) is 0 Å². The van der Waals surface area contributed by atoms with Crippen molar-refractivity contribution >= 4 is 17.3 Å². The lowest BCUT2D eigenvalue weighted by molar-refractivity contribution is -0.121. The van der Waals surface area contributed by atoms with E-state index in [1.807, 2.05) is 0 Å². The first-order valence-corrected chi connectivity index (χ1v) is 2.89. The summed E-state index contributed by atoms with van der Waals surface area (Å²) in [6.07, 6.45) is 0. The molecular weight excluding hydrogens is 150 g/mol. The van der Waals surface area contributed by atoms with Crippen LogP contribution in [0.2, 0.25) is 0 Å². The molecule has 0 aliphatic carbocycles. The minimum Gasteiger partial charge on any atom is -0.411 e. The van der Waals surface area contributed by atoms with Gasteiger partial charge in [-0.3, -0.25) is 4.79 Å². The van der Waals surface area contributed by atoms with Gasteiger partial charge in [-0.1, -0.05) is 10.3 Å². The van der Waals surface area contributed by atoms with Crippen LogP contribution >= 0.6 is 0 Å². The van der Waals surface area contributed by atoms with Crippen molar-refractivity contribution in [3.8, 4) is 0 Å². The Morgan fingerprint density at radius 2 is 2.09 bits per heavy atom. The second-order valence-corrected chi connectivity index (χ2v) is 2.16. The summed E-state index contributed by atoms with van der Waals surface area (Å²) in [6, 6.07) is 0. The highest BCUT2D eigenvalue weighted by molar-refractivity contribution is 6.70. The molecule has 6 nitrogen and oxygen atoms in total. The summed E-state index contributed by atoms with van der Waals surface area (Å²) in [5.41, 5.74) is -0.116. The Hall–Kier alpha value is -1.59. The quantitative estimate of drug-likeness (QED) is 0.353. The zero-order valence-electron chi connectivity index (χ0n) is 5.85. The maximum Gasteiger partial charge on any atom is 0.278 e. The number of likely N-dealkylation sites (tertiary alicyclic amines) is 1. The van der Waals surface area contributed by atoms with Crippen LogP contribution in [0.4, 0.5) is 0 Å². The molecular formula is C5H7N3O3. The lowest BCUT2D eigenvalue weighted by Crippen LogP contribution is -2.22. The van der Waals surface area contributed by atoms with Gasteiger partial charge in [-0.15, -0.1) is 0 Å². The molecule has 0 aromatic carbocycles. The predicted molar refractivity (Wildman–Crippen MR) is 36.1 cm³/mol. The minimum absolute atomic E-state index is 0.0833. The number of hydrogen-bond acceptors (Lipinski definition) is 5. The van der Waals surface area contributed by atoms with Gasteiger partial charge in [0.05, 0.1) is 6.54 Å². The van der Waals surface area contributed by atoms with Crippen molar-refractivity contribution in [1.82, 2.24) is 4.90 Å². The standard InChI is InChI=1S/C5H7N3O3/c1-8-2-3(6-10)4(7-11)5(8)9/h10-11H,2H2,1H3. The smallest absolute Gasteiger partial charge is 0.278 e. The molecule has 1 amide bonds. The van der Waals surface area contributed by atoms with E-state index in [4.69, 9.17) is 10.4 Å². The first kappa shape index (κ1) is 7.52. The van der Waals surface area contributed by atoms with Gasteiger partial charge < -0.3 is 15.3 Å². The van der Waals surface area contributed by atoms with Gasteiger partial charge in [0.15, 0.2) is 5.71 Å². The maximum atomic E-state index is 10.9. The third kappa shape index (κ3) is 1.02. The molecule has 2 N–H and O–H groups in total. The molecule has 0 aromatic heterocycles. The van der Waals surface area contributed by atoms with Crippen LogP contribution in [0, 0.1) is 0 Å². The molecule has 6 heteroatoms. The first-order valence-electron chi connectivity index (χ1n) is 2.89. The summed E-state index contributed by atoms with van der Waals surface area (Å²) in [7, 11) is 1.52. The van der Waals surface area contributed by atoms with Crippen molar-refractivity contribution in [3.05, 3.63) is 0 Å². The summed E-state index contributed by atoms with van der Waals surface area (Å²) in [5.74, 6) is -0.444. The molecule has 1 saturated heterocycles. The zero-order chi connectivity index (χ0) is 8.43. The molecule has 0 aromatic rings. The first-order chi connectivity index (χ1) is 5.20. The molecule has 11 heavy (non-hydrogen) atoms. The van der Waals surface area contributed by atoms with E-state index in [0.29, 0.717) is 0 Å². The summed E-state index contributed by atoms with van der Waals surface area (Å²) < 4.78 is 0. The number of amides is 1. The van der Waals surface area contributed by atoms with Crippen LogP contribution in [0.1, 0.15) is 0 Å². The third-order valence-corrected chi connectivity index (χ3v) is 1.43. The molecule has 1 aliphatic heterocycles. The average Bonchev–Trinajstić information content (AvgIpc) is 2.28. The highest BCUT2D eigenvalue weighted by Gasteiger charge is 2.32. The van der Waals surface area contributed by atoms with Crippen LogP contribution in [0.5, 0.6) is 0 Å². The highest BCUT2D eigenvalue weighted by atomic mass is 16.4. The van der Waals surface area contributed by atoms with Crippen molar-refractivity contribution in [2.24, 2.45) is 10.3 Å². The molecule has 0 bridgehead atoms. The predicted octanol–water partition coefficient (Wildman–Crippen LogP) is -0.881. The lowest BCUT2D eigenvalue weighted by Gasteiger charge is -2.01. The topological polar surface area (TPSA) is 85.5 Å². The molecule has 1 fully saturated rings. The van der Waals surface area contributed by atoms with E-state index >= 15 is 0 Å². The van der Waals surface area contributed by atoms with E-state index in [-0.39, 0.29) is 18.0 Å². The zero-order valence-corrected chi connectivity index (χ0v) is 5.85. The summed E-state index contributed by atoms with van der Waals surface area (Å²) in [4.78, 5) is 12.2. The van der Waals surface area contributed by atoms with E-state index in [1.54, 1.807) is 0 Å². The van der Waals surface area contributed by atoms with E-state index in [0.717, 1.165) is 0 Å². The molecule has 0 unspecified atom stereocenters. The number of hydrogen-bond donors (Lipinski definition) is 2. The molecule has 0 radical (unpaired) electrons. The number of oxime groups is 2. The Labute approximate surface area is 62.4 Å². The highest BCUT2D eigenvalue weighted by Crippen LogP contribution is 2.02. The van der Waals surface area contributed by atoms with Crippen molar-refractivity contribution in [2.45, 2.75) is 0 Å². The van der Waals surface area contributed by atoms with Gasteiger partial charge in [0.2, 0.25) is 0 Å². The Bertz CT molecular complexity index is 245. The number of carbonyl (C=O) groups is 1. The Morgan fingerprint density at radius 3 is 2.45 bits per heavy atom. The normalized spacial score (nSPS) is 25.5. The average molecular weight is 157 g/mol. The molecule has 1 aliphatic rings. The van der Waals surface area contributed by atoms with Gasteiger partial charge in [0.25, 0.3) is 5.91 Å². The molecule has 0 saturated carbocycles. The molecule has 0 atom stereocenters. The number of carbonyl (C=O) groups excluding carboxylic acids is 1. The Balaban J connectivity index is 3.01. The van der Waals surface area contributed by atoms with E-state index in [1.165, 1.54) is 11.9 Å². The Morgan fingerprint density at radius 1 is 1.45 bits per heavy atom. The van der Waals surface area contributed by atoms with Crippen molar-refractivity contribution in [3.63, 3.8) is 0 Å². The van der Waals surface area contributed by atoms with Gasteiger partial charge in [-0.25, -0.2) is 0 Å². The molecule has 60 valence electrons. The SMILES string of the molecule is CN1CC(=NO)C(=NO)C1=O. The number of nitrogens with zero attached hydrogens (tertiary/aromatic N) is 3. The minimum atomic E-state index is -0.444. The van der Waals surface area contributed by atoms with Crippen LogP contribution in [-0.2, 0) is 4.79 Å². The summed E-state index contributed by atoms with van der Waals surface area (Å²) in [6.45, 7) is 0.175. The van der Waals surface area contributed by atoms with Gasteiger partial charge in [0.1, 0.15) is 5.71 Å². The molecule has 0 spiro atoms. The van der Waals surface area contributed by atoms with Crippen molar-refractivity contribution in [2.75, 3.05) is 13.6 Å². The van der Waals surface area contributed by atoms with Gasteiger partial charge >= 0.3 is 0 Å². The maximum absolute atomic E-state index is 10.9. The van der Waals surface area contributed by atoms with E-state index < -0.39 is 5.91 Å². The van der Waals surface area contributed by atoms with Gasteiger partial charge in [-0.05, 0) is 0 Å². The van der Waals surface area contributed by atoms with Gasteiger partial charge in [-0.2, -0.15) is 0 Å². The van der Waals surface area contributed by atoms with Crippen LogP contribution < -0.4 is 0 Å². The fraction of sp³-hybridized carbons (Fsp3) is 0.400. The summed E-state index contributed by atoms with van der Waals surface area (Å²) >= 11 is 0. The van der Waals surface area contributed by atoms with Crippen molar-refractivity contribution < 1.29 is 15.2 Å². The van der Waals surface area contributed by atoms with E-state index in [9.17, 15) is 4.79 Å². The van der Waals surface area contributed by atoms with Crippen LogP contribution in [0.3, 0.4) is 0 Å². The molecule has 1 heterocycles. The monoisotopic (exact) mass is 157 g/mol. The van der Waals surface area contributed by atoms with Crippen molar-refractivity contribution in [1.29, 1.82) is 0 Å². The third-order valence-electron chi connectivity index (χ3n) is 1.43. The van der Waals surface area contributed by atoms with Crippen LogP contribution in [-0.4, -0.2) is 46.2 Å². The fourth-order valence-electron chi connectivity index (χ4n) is 0.855. The van der Waals surface area contributed by atoms with Gasteiger partial charge in [0, 0.05) is 7.05 Å². The van der Waals surface area contributed by atoms with Crippen LogP contribution in [0.15, 0.2) is 10.3 Å². The van der Waals surface area contributed by atoms with E-state index in [2.05, 4.69) is 10.3 Å². The second kappa shape index (κ2) is 2.57. The largest absolute Gasteiger partial charge is 0.411 e.